The third-order valence-electron chi connectivity index (χ3n) is 4.85. The molecule has 0 saturated heterocycles. The maximum Gasteiger partial charge on any atom is 0.258 e. The van der Waals surface area contributed by atoms with E-state index in [1.807, 2.05) is 0 Å². The van der Waals surface area contributed by atoms with Gasteiger partial charge in [0.05, 0.1) is 5.69 Å². The molecule has 1 aromatic heterocycles. The molecule has 1 aliphatic rings. The number of unbranched alkanes of at least 4 members (excludes halogenated alkanes) is 2. The first-order valence-corrected chi connectivity index (χ1v) is 11.3. The fourth-order valence-corrected chi connectivity index (χ4v) is 4.05. The molecule has 1 heterocycles. The van der Waals surface area contributed by atoms with Crippen LogP contribution in [0.5, 0.6) is 5.88 Å². The van der Waals surface area contributed by atoms with Crippen molar-refractivity contribution < 1.29 is 13.9 Å². The van der Waals surface area contributed by atoms with Gasteiger partial charge in [-0.1, -0.05) is 43.7 Å². The quantitative estimate of drug-likeness (QED) is 0.351. The lowest BCUT2D eigenvalue weighted by Crippen LogP contribution is -2.30. The minimum Gasteiger partial charge on any atom is -0.467 e. The van der Waals surface area contributed by atoms with Crippen LogP contribution in [0.1, 0.15) is 55.8 Å². The molecule has 1 N–H and O–H groups in total. The fraction of sp³-hybridized carbons (Fsp3) is 0.500. The smallest absolute Gasteiger partial charge is 0.258 e. The van der Waals surface area contributed by atoms with Gasteiger partial charge in [0.1, 0.15) is 5.82 Å². The summed E-state index contributed by atoms with van der Waals surface area (Å²) in [6.45, 7) is 2.78. The maximum atomic E-state index is 13.1. The molecule has 2 aromatic rings. The molecule has 0 saturated carbocycles. The minimum atomic E-state index is -0.243. The van der Waals surface area contributed by atoms with Crippen LogP contribution in [0.3, 0.4) is 0 Å². The van der Waals surface area contributed by atoms with Gasteiger partial charge in [0.2, 0.25) is 5.88 Å². The van der Waals surface area contributed by atoms with Crippen molar-refractivity contribution in [3.8, 4) is 5.88 Å². The molecule has 1 aliphatic carbocycles. The summed E-state index contributed by atoms with van der Waals surface area (Å²) in [5, 5.41) is 3.52. The predicted molar refractivity (Wildman–Crippen MR) is 113 cm³/mol. The third kappa shape index (κ3) is 6.70. The molecular weight excluding hydrogens is 389 g/mol. The number of fused-ring (bicyclic) bond motifs is 1. The van der Waals surface area contributed by atoms with Gasteiger partial charge in [-0.3, -0.25) is 4.79 Å². The Morgan fingerprint density at radius 2 is 1.97 bits per heavy atom. The van der Waals surface area contributed by atoms with Gasteiger partial charge in [-0.2, -0.15) is 4.98 Å². The normalized spacial score (nSPS) is 13.0. The van der Waals surface area contributed by atoms with Crippen molar-refractivity contribution in [2.75, 3.05) is 13.2 Å². The summed E-state index contributed by atoms with van der Waals surface area (Å²) in [6, 6.07) is 6.44. The Kier molecular flexibility index (Phi) is 8.28. The van der Waals surface area contributed by atoms with Crippen molar-refractivity contribution in [2.24, 2.45) is 0 Å². The Morgan fingerprint density at radius 1 is 1.17 bits per heavy atom. The van der Waals surface area contributed by atoms with Crippen molar-refractivity contribution in [1.29, 1.82) is 0 Å². The summed E-state index contributed by atoms with van der Waals surface area (Å²) in [5.74, 6) is 0.813. The van der Waals surface area contributed by atoms with Gasteiger partial charge in [-0.25, -0.2) is 9.37 Å². The summed E-state index contributed by atoms with van der Waals surface area (Å²) in [6.07, 6.45) is 7.18. The second-order valence-electron chi connectivity index (χ2n) is 7.20. The van der Waals surface area contributed by atoms with Gasteiger partial charge in [-0.05, 0) is 49.8 Å². The Balaban J connectivity index is 1.63. The van der Waals surface area contributed by atoms with Crippen molar-refractivity contribution in [2.45, 2.75) is 62.8 Å². The summed E-state index contributed by atoms with van der Waals surface area (Å²) in [4.78, 5) is 21.3. The van der Waals surface area contributed by atoms with Crippen LogP contribution in [0.15, 0.2) is 29.4 Å². The van der Waals surface area contributed by atoms with Crippen molar-refractivity contribution in [3.05, 3.63) is 46.9 Å². The van der Waals surface area contributed by atoms with E-state index in [0.717, 1.165) is 61.8 Å². The van der Waals surface area contributed by atoms with Gasteiger partial charge >= 0.3 is 0 Å². The van der Waals surface area contributed by atoms with Gasteiger partial charge in [0, 0.05) is 17.9 Å². The number of aryl methyl sites for hydroxylation is 1. The van der Waals surface area contributed by atoms with Crippen molar-refractivity contribution in [3.63, 3.8) is 0 Å². The maximum absolute atomic E-state index is 13.1. The summed E-state index contributed by atoms with van der Waals surface area (Å²) < 4.78 is 18.9. The lowest BCUT2D eigenvalue weighted by molar-refractivity contribution is -0.123. The lowest BCUT2D eigenvalue weighted by atomic mass is 9.97. The van der Waals surface area contributed by atoms with Gasteiger partial charge in [-0.15, -0.1) is 0 Å². The highest BCUT2D eigenvalue weighted by Crippen LogP contribution is 2.30. The number of hydrogen-bond acceptors (Lipinski definition) is 5. The number of carbonyl (C=O) groups excluding carboxylic acids is 1. The fourth-order valence-electron chi connectivity index (χ4n) is 3.24. The number of rotatable bonds is 10. The standard InChI is InChI=1S/C22H28FN3O2S/c1-2-3-6-13-24-20(27)14-28-21-18-7-4-5-8-19(18)25-22(26-21)29-15-16-9-11-17(23)12-10-16/h9-12H,2-8,13-15H2,1H3,(H,24,27). The molecule has 1 amide bonds. The molecule has 0 spiro atoms. The molecule has 5 nitrogen and oxygen atoms in total. The Labute approximate surface area is 175 Å². The molecule has 29 heavy (non-hydrogen) atoms. The van der Waals surface area contributed by atoms with E-state index in [1.54, 1.807) is 12.1 Å². The van der Waals surface area contributed by atoms with Crippen LogP contribution in [0, 0.1) is 5.82 Å². The number of aromatic nitrogens is 2. The number of nitrogens with zero attached hydrogens (tertiary/aromatic N) is 2. The van der Waals surface area contributed by atoms with Crippen LogP contribution in [-0.4, -0.2) is 29.0 Å². The summed E-state index contributed by atoms with van der Waals surface area (Å²) in [5.41, 5.74) is 3.05. The number of nitrogens with one attached hydrogen (secondary N) is 1. The molecule has 0 aliphatic heterocycles. The Hall–Kier alpha value is -2.15. The molecule has 0 fully saturated rings. The molecule has 0 atom stereocenters. The molecule has 1 aromatic carbocycles. The van der Waals surface area contributed by atoms with Crippen LogP contribution >= 0.6 is 11.8 Å². The highest BCUT2D eigenvalue weighted by molar-refractivity contribution is 7.98. The molecule has 156 valence electrons. The first-order chi connectivity index (χ1) is 14.2. The number of halogens is 1. The van der Waals surface area contributed by atoms with Crippen LogP contribution in [0.2, 0.25) is 0 Å². The Morgan fingerprint density at radius 3 is 2.76 bits per heavy atom. The zero-order valence-corrected chi connectivity index (χ0v) is 17.7. The molecule has 7 heteroatoms. The predicted octanol–water partition coefficient (Wildman–Crippen LogP) is 4.47. The molecular formula is C22H28FN3O2S. The zero-order chi connectivity index (χ0) is 20.5. The Bertz CT molecular complexity index is 814. The zero-order valence-electron chi connectivity index (χ0n) is 16.9. The number of benzene rings is 1. The minimum absolute atomic E-state index is 0.0301. The monoisotopic (exact) mass is 417 g/mol. The van der Waals surface area contributed by atoms with Gasteiger partial charge in [0.25, 0.3) is 5.91 Å². The number of amides is 1. The average molecular weight is 418 g/mol. The number of thioether (sulfide) groups is 1. The van der Waals surface area contributed by atoms with Gasteiger partial charge in [0.15, 0.2) is 11.8 Å². The second-order valence-corrected chi connectivity index (χ2v) is 8.15. The van der Waals surface area contributed by atoms with Crippen molar-refractivity contribution >= 4 is 17.7 Å². The SMILES string of the molecule is CCCCCNC(=O)COc1nc(SCc2ccc(F)cc2)nc2c1CCCC2. The topological polar surface area (TPSA) is 64.1 Å². The largest absolute Gasteiger partial charge is 0.467 e. The highest BCUT2D eigenvalue weighted by atomic mass is 32.2. The molecule has 3 rings (SSSR count). The van der Waals surface area contributed by atoms with E-state index < -0.39 is 0 Å². The molecule has 0 radical (unpaired) electrons. The van der Waals surface area contributed by atoms with E-state index in [-0.39, 0.29) is 18.3 Å². The van der Waals surface area contributed by atoms with Gasteiger partial charge < -0.3 is 10.1 Å². The van der Waals surface area contributed by atoms with Crippen LogP contribution in [0.4, 0.5) is 4.39 Å². The second kappa shape index (κ2) is 11.1. The van der Waals surface area contributed by atoms with E-state index in [9.17, 15) is 9.18 Å². The summed E-state index contributed by atoms with van der Waals surface area (Å²) >= 11 is 1.49. The van der Waals surface area contributed by atoms with E-state index in [0.29, 0.717) is 23.3 Å². The van der Waals surface area contributed by atoms with E-state index in [2.05, 4.69) is 17.2 Å². The summed E-state index contributed by atoms with van der Waals surface area (Å²) in [7, 11) is 0. The number of hydrogen-bond donors (Lipinski definition) is 1. The lowest BCUT2D eigenvalue weighted by Gasteiger charge is -2.19. The third-order valence-corrected chi connectivity index (χ3v) is 5.77. The molecule has 0 bridgehead atoms. The first-order valence-electron chi connectivity index (χ1n) is 10.3. The average Bonchev–Trinajstić information content (AvgIpc) is 2.74. The first kappa shape index (κ1) is 21.6. The van der Waals surface area contributed by atoms with E-state index >= 15 is 0 Å². The molecule has 0 unspecified atom stereocenters. The van der Waals surface area contributed by atoms with Crippen molar-refractivity contribution in [1.82, 2.24) is 15.3 Å². The number of carbonyl (C=O) groups is 1. The van der Waals surface area contributed by atoms with E-state index in [1.165, 1.54) is 23.9 Å². The number of ether oxygens (including phenoxy) is 1. The van der Waals surface area contributed by atoms with Crippen LogP contribution < -0.4 is 10.1 Å². The van der Waals surface area contributed by atoms with E-state index in [4.69, 9.17) is 9.72 Å². The van der Waals surface area contributed by atoms with Crippen LogP contribution in [0.25, 0.3) is 0 Å². The highest BCUT2D eigenvalue weighted by Gasteiger charge is 2.20. The van der Waals surface area contributed by atoms with Crippen LogP contribution in [-0.2, 0) is 23.4 Å².